The van der Waals surface area contributed by atoms with Gasteiger partial charge in [-0.15, -0.1) is 0 Å². The Kier molecular flexibility index (Phi) is 6.42. The van der Waals surface area contributed by atoms with Crippen molar-refractivity contribution in [2.75, 3.05) is 12.3 Å². The zero-order chi connectivity index (χ0) is 22.1. The Bertz CT molecular complexity index is 903. The van der Waals surface area contributed by atoms with Gasteiger partial charge in [0.1, 0.15) is 24.4 Å². The number of carbonyl (C=O) groups is 2. The molecule has 0 amide bonds. The van der Waals surface area contributed by atoms with E-state index < -0.39 is 61.8 Å². The predicted octanol–water partition coefficient (Wildman–Crippen LogP) is -0.396. The number of anilines is 1. The summed E-state index contributed by atoms with van der Waals surface area (Å²) in [7, 11) is -6.09. The molecule has 0 saturated carbocycles. The summed E-state index contributed by atoms with van der Waals surface area (Å²) in [5.74, 6) is -4.62. The molecule has 1 saturated heterocycles. The van der Waals surface area contributed by atoms with Gasteiger partial charge in [-0.25, -0.2) is 4.79 Å². The number of rotatable bonds is 6. The fourth-order valence-electron chi connectivity index (χ4n) is 2.85. The summed E-state index contributed by atoms with van der Waals surface area (Å²) in [5.41, 5.74) is -0.437. The summed E-state index contributed by atoms with van der Waals surface area (Å²) in [6.45, 7) is 0.995. The molecule has 0 aromatic carbocycles. The molecule has 2 heterocycles. The number of nitrogens with two attached hydrogens (primary N) is 1. The lowest BCUT2D eigenvalue weighted by Gasteiger charge is -2.30. The number of carbonyl (C=O) groups excluding carboxylic acids is 2. The highest BCUT2D eigenvalue weighted by Gasteiger charge is 2.67. The third-order valence-corrected chi connectivity index (χ3v) is 5.09. The van der Waals surface area contributed by atoms with E-state index in [9.17, 15) is 27.7 Å². The third-order valence-electron chi connectivity index (χ3n) is 4.02. The summed E-state index contributed by atoms with van der Waals surface area (Å²) < 4.78 is 56.3. The van der Waals surface area contributed by atoms with Crippen LogP contribution in [0.2, 0.25) is 0 Å². The molecule has 1 aromatic rings. The minimum absolute atomic E-state index is 0.193. The normalized spacial score (nSPS) is 24.9. The van der Waals surface area contributed by atoms with Crippen LogP contribution in [0, 0.1) is 5.92 Å². The number of ether oxygens (including phenoxy) is 3. The van der Waals surface area contributed by atoms with Crippen molar-refractivity contribution in [3.63, 3.8) is 0 Å². The number of alkyl halides is 2. The van der Waals surface area contributed by atoms with Gasteiger partial charge in [-0.2, -0.15) is 13.8 Å². The third kappa shape index (κ3) is 4.78. The van der Waals surface area contributed by atoms with Crippen LogP contribution in [-0.2, 0) is 28.4 Å². The quantitative estimate of drug-likeness (QED) is 0.386. The number of hydrogen-bond acceptors (Lipinski definition) is 9. The van der Waals surface area contributed by atoms with Crippen molar-refractivity contribution in [2.45, 2.75) is 37.9 Å². The molecule has 0 bridgehead atoms. The molecule has 15 heteroatoms. The number of nitrogens with zero attached hydrogens (tertiary/aromatic N) is 2. The summed E-state index contributed by atoms with van der Waals surface area (Å²) in [6, 6.07) is 1.13. The molecular formula is C14H18F2N3O9P. The summed E-state index contributed by atoms with van der Waals surface area (Å²) in [4.78, 5) is 56.4. The van der Waals surface area contributed by atoms with Crippen LogP contribution in [0.4, 0.5) is 14.6 Å². The topological polar surface area (TPSA) is 180 Å². The van der Waals surface area contributed by atoms with Gasteiger partial charge in [-0.3, -0.25) is 18.7 Å². The van der Waals surface area contributed by atoms with Crippen molar-refractivity contribution in [2.24, 2.45) is 5.92 Å². The highest BCUT2D eigenvalue weighted by atomic mass is 31.2. The van der Waals surface area contributed by atoms with E-state index in [0.29, 0.717) is 4.57 Å². The number of esters is 2. The first-order valence-corrected chi connectivity index (χ1v) is 9.61. The first-order valence-electron chi connectivity index (χ1n) is 8.00. The van der Waals surface area contributed by atoms with Crippen molar-refractivity contribution in [3.8, 4) is 0 Å². The lowest BCUT2D eigenvalue weighted by Crippen LogP contribution is -2.45. The highest BCUT2D eigenvalue weighted by molar-refractivity contribution is 7.53. The smallest absolute Gasteiger partial charge is 0.395 e. The van der Waals surface area contributed by atoms with Crippen LogP contribution in [0.25, 0.3) is 0 Å². The van der Waals surface area contributed by atoms with E-state index in [1.165, 1.54) is 0 Å². The van der Waals surface area contributed by atoms with E-state index in [2.05, 4.69) is 9.72 Å². The summed E-state index contributed by atoms with van der Waals surface area (Å²) >= 11 is 0. The average Bonchev–Trinajstić information content (AvgIpc) is 2.89. The van der Waals surface area contributed by atoms with E-state index in [-0.39, 0.29) is 5.82 Å². The molecule has 0 spiro atoms. The zero-order valence-electron chi connectivity index (χ0n) is 15.1. The second-order valence-corrected chi connectivity index (χ2v) is 7.83. The zero-order valence-corrected chi connectivity index (χ0v) is 16.0. The number of nitrogen functional groups attached to an aromatic ring is 1. The van der Waals surface area contributed by atoms with Gasteiger partial charge in [-0.05, 0) is 6.07 Å². The van der Waals surface area contributed by atoms with Crippen molar-refractivity contribution in [1.82, 2.24) is 9.55 Å². The van der Waals surface area contributed by atoms with Crippen LogP contribution in [0.1, 0.15) is 20.1 Å². The maximum Gasteiger partial charge on any atom is 0.395 e. The Hall–Kier alpha value is -2.41. The van der Waals surface area contributed by atoms with E-state index >= 15 is 0 Å². The van der Waals surface area contributed by atoms with Crippen molar-refractivity contribution >= 4 is 25.4 Å². The number of halogens is 2. The molecule has 162 valence electrons. The fraction of sp³-hybridized carbons (Fsp3) is 0.571. The molecule has 0 aliphatic carbocycles. The van der Waals surface area contributed by atoms with Crippen LogP contribution in [0.5, 0.6) is 0 Å². The maximum absolute atomic E-state index is 14.7. The molecule has 29 heavy (non-hydrogen) atoms. The van der Waals surface area contributed by atoms with Gasteiger partial charge in [0.25, 0.3) is 0 Å². The van der Waals surface area contributed by atoms with Crippen molar-refractivity contribution < 1.29 is 46.9 Å². The molecule has 0 unspecified atom stereocenters. The van der Waals surface area contributed by atoms with Gasteiger partial charge < -0.3 is 29.7 Å². The van der Waals surface area contributed by atoms with Gasteiger partial charge in [0, 0.05) is 20.0 Å². The number of aromatic nitrogens is 2. The van der Waals surface area contributed by atoms with E-state index in [4.69, 9.17) is 25.0 Å². The maximum atomic E-state index is 14.7. The highest BCUT2D eigenvalue weighted by Crippen LogP contribution is 2.61. The monoisotopic (exact) mass is 441 g/mol. The minimum Gasteiger partial charge on any atom is -0.463 e. The second-order valence-electron chi connectivity index (χ2n) is 6.14. The Morgan fingerprint density at radius 2 is 2.00 bits per heavy atom. The van der Waals surface area contributed by atoms with Crippen LogP contribution >= 0.6 is 7.60 Å². The first kappa shape index (κ1) is 22.9. The Labute approximate surface area is 161 Å². The Morgan fingerprint density at radius 3 is 2.48 bits per heavy atom. The molecular weight excluding hydrogens is 423 g/mol. The molecule has 4 atom stereocenters. The molecule has 2 rings (SSSR count). The molecule has 1 aliphatic rings. The molecule has 1 aliphatic heterocycles. The predicted molar refractivity (Wildman–Crippen MR) is 89.5 cm³/mol. The van der Waals surface area contributed by atoms with Crippen LogP contribution in [0.3, 0.4) is 0 Å². The van der Waals surface area contributed by atoms with E-state index in [1.807, 2.05) is 0 Å². The van der Waals surface area contributed by atoms with Gasteiger partial charge >= 0.3 is 30.9 Å². The van der Waals surface area contributed by atoms with Gasteiger partial charge in [-0.1, -0.05) is 0 Å². The lowest BCUT2D eigenvalue weighted by atomic mass is 9.98. The van der Waals surface area contributed by atoms with Crippen molar-refractivity contribution in [1.29, 1.82) is 0 Å². The number of hydrogen-bond donors (Lipinski definition) is 3. The Balaban J connectivity index is 2.59. The Morgan fingerprint density at radius 1 is 1.38 bits per heavy atom. The molecule has 0 radical (unpaired) electrons. The standard InChI is InChI=1S/C14H18F2N3O9P/c1-6(20)26-5-8-10(14(15,16)29(23,24)25)11(27-7(2)21)12(28-8)19-4-3-9(17)18-13(19)22/h3-4,8,10-12H,5H2,1-2H3,(H2,17,18,22)(H2,23,24,25)/t8-,10-,11-,12-/m1/s1. The van der Waals surface area contributed by atoms with E-state index in [0.717, 1.165) is 26.1 Å². The van der Waals surface area contributed by atoms with Gasteiger partial charge in [0.05, 0.1) is 0 Å². The SMILES string of the molecule is CC(=O)OC[C@H]1O[C@@H](n2ccc(N)nc2=O)[C@H](OC(C)=O)[C@@H]1C(F)(F)P(=O)(O)O. The molecule has 4 N–H and O–H groups in total. The molecule has 1 fully saturated rings. The summed E-state index contributed by atoms with van der Waals surface area (Å²) in [6.07, 6.45) is -4.59. The largest absolute Gasteiger partial charge is 0.463 e. The van der Waals surface area contributed by atoms with Crippen LogP contribution in [-0.4, -0.2) is 55.8 Å². The van der Waals surface area contributed by atoms with Gasteiger partial charge in [0.2, 0.25) is 0 Å². The van der Waals surface area contributed by atoms with Gasteiger partial charge in [0.15, 0.2) is 12.3 Å². The van der Waals surface area contributed by atoms with E-state index in [1.54, 1.807) is 0 Å². The van der Waals surface area contributed by atoms with Crippen LogP contribution in [0.15, 0.2) is 17.1 Å². The fourth-order valence-corrected chi connectivity index (χ4v) is 3.56. The molecule has 12 nitrogen and oxygen atoms in total. The first-order chi connectivity index (χ1) is 13.3. The summed E-state index contributed by atoms with van der Waals surface area (Å²) in [5, 5.41) is 0. The second kappa shape index (κ2) is 8.14. The molecule has 1 aromatic heterocycles. The minimum atomic E-state index is -6.09. The average molecular weight is 441 g/mol. The van der Waals surface area contributed by atoms with Crippen molar-refractivity contribution in [3.05, 3.63) is 22.7 Å². The lowest BCUT2D eigenvalue weighted by molar-refractivity contribution is -0.158. The van der Waals surface area contributed by atoms with Crippen LogP contribution < -0.4 is 11.4 Å².